The number of hydrogen-bond acceptors (Lipinski definition) is 2. The average Bonchev–Trinajstić information content (AvgIpc) is 1.86. The minimum Gasteiger partial charge on any atom is -0.305 e. The van der Waals surface area contributed by atoms with Gasteiger partial charge in [-0.05, 0) is 0 Å². The third-order valence-corrected chi connectivity index (χ3v) is 0.773. The van der Waals surface area contributed by atoms with E-state index in [4.69, 9.17) is 0 Å². The molecule has 1 N–H and O–H groups in total. The third kappa shape index (κ3) is 0.571. The van der Waals surface area contributed by atoms with Crippen molar-refractivity contribution in [3.8, 4) is 0 Å². The number of Topliss-reactive ketones (excluding diaryl/α,β-unsaturated/α-hetero) is 1. The molecule has 1 aliphatic heterocycles. The molecule has 0 amide bonds. The zero-order chi connectivity index (χ0) is 4.41. The topological polar surface area (TPSA) is 29.1 Å². The summed E-state index contributed by atoms with van der Waals surface area (Å²) >= 11 is 0. The maximum absolute atomic E-state index is 10.1. The van der Waals surface area contributed by atoms with Crippen molar-refractivity contribution in [3.05, 3.63) is 6.54 Å². The van der Waals surface area contributed by atoms with Gasteiger partial charge < -0.3 is 5.32 Å². The van der Waals surface area contributed by atoms with Crippen LogP contribution in [0.5, 0.6) is 0 Å². The van der Waals surface area contributed by atoms with Crippen LogP contribution in [-0.2, 0) is 4.79 Å². The third-order valence-electron chi connectivity index (χ3n) is 0.773. The Hall–Kier alpha value is -0.370. The molecular weight excluding hydrogens is 78.0 g/mol. The van der Waals surface area contributed by atoms with Crippen LogP contribution in [0.2, 0.25) is 0 Å². The monoisotopic (exact) mass is 84.0 g/mol. The van der Waals surface area contributed by atoms with Crippen LogP contribution in [0.1, 0.15) is 6.42 Å². The van der Waals surface area contributed by atoms with E-state index in [9.17, 15) is 4.79 Å². The second kappa shape index (κ2) is 1.39. The van der Waals surface area contributed by atoms with Crippen LogP contribution in [0.3, 0.4) is 0 Å². The van der Waals surface area contributed by atoms with Crippen molar-refractivity contribution in [1.29, 1.82) is 0 Å². The maximum Gasteiger partial charge on any atom is 0.148 e. The second-order valence-corrected chi connectivity index (χ2v) is 1.33. The van der Waals surface area contributed by atoms with Gasteiger partial charge in [-0.15, -0.1) is 0 Å². The first-order valence-electron chi connectivity index (χ1n) is 1.96. The average molecular weight is 84.1 g/mol. The summed E-state index contributed by atoms with van der Waals surface area (Å²) in [5, 5.41) is 2.80. The van der Waals surface area contributed by atoms with Gasteiger partial charge >= 0.3 is 0 Å². The maximum atomic E-state index is 10.1. The van der Waals surface area contributed by atoms with E-state index in [1.165, 1.54) is 0 Å². The lowest BCUT2D eigenvalue weighted by Gasteiger charge is -1.74. The molecule has 33 valence electrons. The molecule has 2 nitrogen and oxygen atoms in total. The van der Waals surface area contributed by atoms with E-state index in [2.05, 4.69) is 5.32 Å². The highest BCUT2D eigenvalue weighted by Crippen LogP contribution is 1.91. The van der Waals surface area contributed by atoms with Crippen LogP contribution < -0.4 is 5.32 Å². The van der Waals surface area contributed by atoms with Crippen molar-refractivity contribution in [3.63, 3.8) is 0 Å². The van der Waals surface area contributed by atoms with Crippen molar-refractivity contribution in [2.24, 2.45) is 0 Å². The quantitative estimate of drug-likeness (QED) is 0.437. The van der Waals surface area contributed by atoms with Crippen molar-refractivity contribution in [2.75, 3.05) is 6.54 Å². The highest BCUT2D eigenvalue weighted by molar-refractivity contribution is 5.83. The zero-order valence-electron chi connectivity index (χ0n) is 3.40. The molecule has 0 bridgehead atoms. The molecule has 2 heteroatoms. The van der Waals surface area contributed by atoms with Gasteiger partial charge in [0, 0.05) is 13.0 Å². The number of hydrogen-bond donors (Lipinski definition) is 1. The van der Waals surface area contributed by atoms with Crippen molar-refractivity contribution >= 4 is 5.78 Å². The first-order chi connectivity index (χ1) is 2.89. The molecule has 0 aromatic rings. The molecule has 0 aromatic heterocycles. The summed E-state index contributed by atoms with van der Waals surface area (Å²) in [6.45, 7) is 2.32. The molecule has 0 aromatic carbocycles. The lowest BCUT2D eigenvalue weighted by molar-refractivity contribution is -0.116. The molecule has 0 unspecified atom stereocenters. The molecule has 1 heterocycles. The number of carbonyl (C=O) groups excluding carboxylic acids is 1. The van der Waals surface area contributed by atoms with E-state index in [1.54, 1.807) is 6.54 Å². The van der Waals surface area contributed by atoms with Crippen LogP contribution in [0.25, 0.3) is 0 Å². The molecule has 1 fully saturated rings. The normalized spacial score (nSPS) is 22.3. The highest BCUT2D eigenvalue weighted by atomic mass is 16.1. The minimum absolute atomic E-state index is 0.287. The molecule has 0 atom stereocenters. The van der Waals surface area contributed by atoms with E-state index in [0.29, 0.717) is 13.0 Å². The molecule has 1 saturated heterocycles. The van der Waals surface area contributed by atoms with E-state index >= 15 is 0 Å². The molecule has 0 aliphatic carbocycles. The van der Waals surface area contributed by atoms with E-state index in [-0.39, 0.29) is 5.78 Å². The number of rotatable bonds is 0. The number of carbonyl (C=O) groups is 1. The molecular formula is C4H6NO. The summed E-state index contributed by atoms with van der Waals surface area (Å²) in [5.74, 6) is 0.287. The lowest BCUT2D eigenvalue weighted by Crippen LogP contribution is -2.04. The summed E-state index contributed by atoms with van der Waals surface area (Å²) in [6.07, 6.45) is 0.611. The Labute approximate surface area is 36.5 Å². The van der Waals surface area contributed by atoms with Crippen molar-refractivity contribution in [1.82, 2.24) is 5.32 Å². The largest absolute Gasteiger partial charge is 0.305 e. The molecule has 6 heavy (non-hydrogen) atoms. The Morgan fingerprint density at radius 2 is 2.67 bits per heavy atom. The van der Waals surface area contributed by atoms with Gasteiger partial charge in [-0.25, -0.2) is 0 Å². The molecule has 0 spiro atoms. The summed E-state index contributed by atoms with van der Waals surface area (Å²) in [5.41, 5.74) is 0. The van der Waals surface area contributed by atoms with Crippen LogP contribution in [0.4, 0.5) is 0 Å². The van der Waals surface area contributed by atoms with E-state index < -0.39 is 0 Å². The predicted octanol–water partition coefficient (Wildman–Crippen LogP) is -0.289. The Morgan fingerprint density at radius 1 is 1.83 bits per heavy atom. The Balaban J connectivity index is 2.37. The van der Waals surface area contributed by atoms with Crippen LogP contribution in [0.15, 0.2) is 0 Å². The zero-order valence-corrected chi connectivity index (χ0v) is 3.40. The molecule has 1 aliphatic rings. The fourth-order valence-electron chi connectivity index (χ4n) is 0.444. The summed E-state index contributed by atoms with van der Waals surface area (Å²) < 4.78 is 0. The molecule has 1 radical (unpaired) electrons. The van der Waals surface area contributed by atoms with Gasteiger partial charge in [-0.2, -0.15) is 0 Å². The van der Waals surface area contributed by atoms with Gasteiger partial charge in [0.15, 0.2) is 0 Å². The first kappa shape index (κ1) is 3.81. The van der Waals surface area contributed by atoms with E-state index in [0.717, 1.165) is 0 Å². The molecule has 0 saturated carbocycles. The standard InChI is InChI=1S/C4H6NO/c6-4-1-2-5-3-4/h2,5H,1,3H2. The second-order valence-electron chi connectivity index (χ2n) is 1.33. The van der Waals surface area contributed by atoms with Gasteiger partial charge in [-0.1, -0.05) is 0 Å². The Kier molecular flexibility index (Phi) is 0.881. The van der Waals surface area contributed by atoms with Gasteiger partial charge in [0.2, 0.25) is 0 Å². The Morgan fingerprint density at radius 3 is 2.83 bits per heavy atom. The van der Waals surface area contributed by atoms with Crippen LogP contribution >= 0.6 is 0 Å². The molecule has 1 rings (SSSR count). The van der Waals surface area contributed by atoms with Gasteiger partial charge in [0.05, 0.1) is 6.54 Å². The van der Waals surface area contributed by atoms with Gasteiger partial charge in [0.1, 0.15) is 5.78 Å². The SMILES string of the molecule is O=C1C[CH]NC1. The lowest BCUT2D eigenvalue weighted by atomic mass is 10.4. The van der Waals surface area contributed by atoms with Crippen LogP contribution in [0, 0.1) is 6.54 Å². The van der Waals surface area contributed by atoms with Crippen molar-refractivity contribution < 1.29 is 4.79 Å². The minimum atomic E-state index is 0.287. The van der Waals surface area contributed by atoms with Gasteiger partial charge in [0.25, 0.3) is 0 Å². The highest BCUT2D eigenvalue weighted by Gasteiger charge is 2.06. The predicted molar refractivity (Wildman–Crippen MR) is 21.9 cm³/mol. The fraction of sp³-hybridized carbons (Fsp3) is 0.500. The summed E-state index contributed by atoms with van der Waals surface area (Å²) in [6, 6.07) is 0. The smallest absolute Gasteiger partial charge is 0.148 e. The summed E-state index contributed by atoms with van der Waals surface area (Å²) in [7, 11) is 0. The van der Waals surface area contributed by atoms with Crippen LogP contribution in [-0.4, -0.2) is 12.3 Å². The number of nitrogens with one attached hydrogen (secondary N) is 1. The first-order valence-corrected chi connectivity index (χ1v) is 1.96. The van der Waals surface area contributed by atoms with Crippen molar-refractivity contribution in [2.45, 2.75) is 6.42 Å². The Bertz CT molecular complexity index is 61.9. The van der Waals surface area contributed by atoms with E-state index in [1.807, 2.05) is 0 Å². The summed E-state index contributed by atoms with van der Waals surface area (Å²) in [4.78, 5) is 10.1. The number of ketones is 1. The fourth-order valence-corrected chi connectivity index (χ4v) is 0.444. The van der Waals surface area contributed by atoms with Gasteiger partial charge in [-0.3, -0.25) is 4.79 Å².